The topological polar surface area (TPSA) is 88.0 Å². The Morgan fingerprint density at radius 3 is 2.57 bits per heavy atom. The van der Waals surface area contributed by atoms with Gasteiger partial charge in [-0.15, -0.1) is 0 Å². The number of hydrogen-bond donors (Lipinski definition) is 3. The summed E-state index contributed by atoms with van der Waals surface area (Å²) >= 11 is 0. The summed E-state index contributed by atoms with van der Waals surface area (Å²) < 4.78 is 0. The van der Waals surface area contributed by atoms with E-state index in [1.807, 2.05) is 0 Å². The highest BCUT2D eigenvalue weighted by Crippen LogP contribution is 2.05. The van der Waals surface area contributed by atoms with Crippen molar-refractivity contribution >= 4 is 11.6 Å². The summed E-state index contributed by atoms with van der Waals surface area (Å²) in [5.74, 6) is -0.301. The van der Waals surface area contributed by atoms with E-state index in [1.165, 1.54) is 18.3 Å². The maximum atomic E-state index is 11.4. The molecule has 14 heavy (non-hydrogen) atoms. The van der Waals surface area contributed by atoms with E-state index in [9.17, 15) is 9.59 Å². The van der Waals surface area contributed by atoms with Gasteiger partial charge in [0.2, 0.25) is 11.5 Å². The van der Waals surface area contributed by atoms with Crippen LogP contribution in [0.3, 0.4) is 0 Å². The molecule has 0 aliphatic carbocycles. The molecule has 1 heterocycles. The van der Waals surface area contributed by atoms with Gasteiger partial charge in [0.1, 0.15) is 0 Å². The Balaban J connectivity index is 2.75. The fourth-order valence-corrected chi connectivity index (χ4v) is 0.781. The molecule has 0 radical (unpaired) electrons. The van der Waals surface area contributed by atoms with Gasteiger partial charge in [-0.25, -0.2) is 0 Å². The molecule has 0 aliphatic rings. The lowest BCUT2D eigenvalue weighted by atomic mass is 10.1. The molecule has 0 saturated heterocycles. The molecule has 0 atom stereocenters. The van der Waals surface area contributed by atoms with Gasteiger partial charge in [0.25, 0.3) is 0 Å². The lowest BCUT2D eigenvalue weighted by molar-refractivity contribution is -0.120. The molecular formula is C9H13N3O2. The highest BCUT2D eigenvalue weighted by molar-refractivity contribution is 5.97. The third-order valence-corrected chi connectivity index (χ3v) is 1.63. The number of hydrogen-bond acceptors (Lipinski definition) is 3. The number of aromatic amines is 1. The average molecular weight is 195 g/mol. The van der Waals surface area contributed by atoms with E-state index in [0.717, 1.165) is 0 Å². The maximum absolute atomic E-state index is 11.4. The monoisotopic (exact) mass is 195 g/mol. The van der Waals surface area contributed by atoms with Gasteiger partial charge < -0.3 is 16.0 Å². The third kappa shape index (κ3) is 2.70. The van der Waals surface area contributed by atoms with Gasteiger partial charge in [-0.1, -0.05) is 0 Å². The molecule has 1 rings (SSSR count). The van der Waals surface area contributed by atoms with Crippen molar-refractivity contribution in [2.45, 2.75) is 19.4 Å². The molecule has 0 aliphatic heterocycles. The summed E-state index contributed by atoms with van der Waals surface area (Å²) in [6.07, 6.45) is 1.42. The molecule has 0 bridgehead atoms. The SMILES string of the molecule is CC(C)(N)C(=O)Nc1ccc(=O)[nH]c1. The molecular weight excluding hydrogens is 182 g/mol. The number of aromatic nitrogens is 1. The first-order chi connectivity index (χ1) is 6.39. The smallest absolute Gasteiger partial charge is 0.248 e. The van der Waals surface area contributed by atoms with Crippen LogP contribution in [0, 0.1) is 0 Å². The Kier molecular flexibility index (Phi) is 2.71. The molecule has 5 nitrogen and oxygen atoms in total. The average Bonchev–Trinajstić information content (AvgIpc) is 2.07. The molecule has 4 N–H and O–H groups in total. The van der Waals surface area contributed by atoms with E-state index in [-0.39, 0.29) is 11.5 Å². The molecule has 0 fully saturated rings. The minimum Gasteiger partial charge on any atom is -0.327 e. The van der Waals surface area contributed by atoms with Gasteiger partial charge in [0, 0.05) is 12.3 Å². The summed E-state index contributed by atoms with van der Waals surface area (Å²) in [6.45, 7) is 3.21. The van der Waals surface area contributed by atoms with Crippen molar-refractivity contribution in [3.63, 3.8) is 0 Å². The van der Waals surface area contributed by atoms with Gasteiger partial charge in [0.05, 0.1) is 11.2 Å². The van der Waals surface area contributed by atoms with E-state index in [4.69, 9.17) is 5.73 Å². The van der Waals surface area contributed by atoms with E-state index in [2.05, 4.69) is 10.3 Å². The van der Waals surface area contributed by atoms with Crippen LogP contribution in [0.5, 0.6) is 0 Å². The van der Waals surface area contributed by atoms with Gasteiger partial charge >= 0.3 is 0 Å². The normalized spacial score (nSPS) is 11.1. The number of amides is 1. The second kappa shape index (κ2) is 3.63. The number of pyridine rings is 1. The predicted octanol–water partition coefficient (Wildman–Crippen LogP) is 0.0507. The maximum Gasteiger partial charge on any atom is 0.248 e. The Hall–Kier alpha value is -1.62. The summed E-state index contributed by atoms with van der Waals surface area (Å²) in [4.78, 5) is 24.5. The molecule has 0 saturated carbocycles. The Morgan fingerprint density at radius 1 is 1.50 bits per heavy atom. The lowest BCUT2D eigenvalue weighted by Gasteiger charge is -2.17. The fraction of sp³-hybridized carbons (Fsp3) is 0.333. The highest BCUT2D eigenvalue weighted by Gasteiger charge is 2.21. The number of nitrogens with two attached hydrogens (primary N) is 1. The van der Waals surface area contributed by atoms with Crippen LogP contribution in [0.1, 0.15) is 13.8 Å². The molecule has 5 heteroatoms. The van der Waals surface area contributed by atoms with Crippen molar-refractivity contribution < 1.29 is 4.79 Å². The second-order valence-electron chi connectivity index (χ2n) is 3.62. The number of carbonyl (C=O) groups excluding carboxylic acids is 1. The molecule has 1 aromatic rings. The van der Waals surface area contributed by atoms with Crippen LogP contribution in [0.15, 0.2) is 23.1 Å². The van der Waals surface area contributed by atoms with Crippen LogP contribution in [0.2, 0.25) is 0 Å². The molecule has 76 valence electrons. The summed E-state index contributed by atoms with van der Waals surface area (Å²) in [5, 5.41) is 2.58. The number of nitrogens with one attached hydrogen (secondary N) is 2. The first-order valence-corrected chi connectivity index (χ1v) is 4.18. The van der Waals surface area contributed by atoms with Crippen LogP contribution >= 0.6 is 0 Å². The zero-order valence-corrected chi connectivity index (χ0v) is 8.13. The van der Waals surface area contributed by atoms with Gasteiger partial charge in [0.15, 0.2) is 0 Å². The van der Waals surface area contributed by atoms with Crippen molar-refractivity contribution in [1.82, 2.24) is 4.98 Å². The van der Waals surface area contributed by atoms with Gasteiger partial charge in [-0.3, -0.25) is 9.59 Å². The Labute approximate surface area is 81.3 Å². The third-order valence-electron chi connectivity index (χ3n) is 1.63. The number of anilines is 1. The van der Waals surface area contributed by atoms with Crippen molar-refractivity contribution in [3.05, 3.63) is 28.7 Å². The predicted molar refractivity (Wildman–Crippen MR) is 54.0 cm³/mol. The van der Waals surface area contributed by atoms with E-state index < -0.39 is 5.54 Å². The molecule has 1 aromatic heterocycles. The molecule has 0 spiro atoms. The molecule has 0 aromatic carbocycles. The van der Waals surface area contributed by atoms with E-state index in [0.29, 0.717) is 5.69 Å². The Bertz CT molecular complexity index is 369. The number of carbonyl (C=O) groups is 1. The standard InChI is InChI=1S/C9H13N3O2/c1-9(2,10)8(14)12-6-3-4-7(13)11-5-6/h3-5H,10H2,1-2H3,(H,11,13)(H,12,14). The number of rotatable bonds is 2. The van der Waals surface area contributed by atoms with Crippen molar-refractivity contribution in [2.75, 3.05) is 5.32 Å². The minimum absolute atomic E-state index is 0.213. The summed E-state index contributed by atoms with van der Waals surface area (Å²) in [6, 6.07) is 2.85. The fourth-order valence-electron chi connectivity index (χ4n) is 0.781. The summed E-state index contributed by atoms with van der Waals surface area (Å²) in [5.41, 5.74) is 4.95. The zero-order chi connectivity index (χ0) is 10.8. The zero-order valence-electron chi connectivity index (χ0n) is 8.13. The van der Waals surface area contributed by atoms with Crippen LogP contribution < -0.4 is 16.6 Å². The van der Waals surface area contributed by atoms with Gasteiger partial charge in [-0.2, -0.15) is 0 Å². The van der Waals surface area contributed by atoms with E-state index >= 15 is 0 Å². The minimum atomic E-state index is -0.934. The Morgan fingerprint density at radius 2 is 2.14 bits per heavy atom. The van der Waals surface area contributed by atoms with Gasteiger partial charge in [-0.05, 0) is 19.9 Å². The van der Waals surface area contributed by atoms with E-state index in [1.54, 1.807) is 13.8 Å². The van der Waals surface area contributed by atoms with Crippen molar-refractivity contribution in [3.8, 4) is 0 Å². The van der Waals surface area contributed by atoms with Crippen molar-refractivity contribution in [2.24, 2.45) is 5.73 Å². The van der Waals surface area contributed by atoms with Crippen LogP contribution in [0.4, 0.5) is 5.69 Å². The molecule has 1 amide bonds. The van der Waals surface area contributed by atoms with Crippen LogP contribution in [-0.4, -0.2) is 16.4 Å². The first-order valence-electron chi connectivity index (χ1n) is 4.18. The first kappa shape index (κ1) is 10.5. The molecule has 0 unspecified atom stereocenters. The number of H-pyrrole nitrogens is 1. The van der Waals surface area contributed by atoms with Crippen LogP contribution in [-0.2, 0) is 4.79 Å². The lowest BCUT2D eigenvalue weighted by Crippen LogP contribution is -2.45. The second-order valence-corrected chi connectivity index (χ2v) is 3.62. The highest BCUT2D eigenvalue weighted by atomic mass is 16.2. The van der Waals surface area contributed by atoms with Crippen molar-refractivity contribution in [1.29, 1.82) is 0 Å². The quantitative estimate of drug-likeness (QED) is 0.623. The largest absolute Gasteiger partial charge is 0.327 e. The van der Waals surface area contributed by atoms with Crippen LogP contribution in [0.25, 0.3) is 0 Å². The summed E-state index contributed by atoms with van der Waals surface area (Å²) in [7, 11) is 0.